The van der Waals surface area contributed by atoms with Crippen molar-refractivity contribution < 1.29 is 28.6 Å². The van der Waals surface area contributed by atoms with Crippen LogP contribution in [0.15, 0.2) is 24.3 Å². The third kappa shape index (κ3) is 44.8. The summed E-state index contributed by atoms with van der Waals surface area (Å²) >= 11 is 0. The quantitative estimate of drug-likeness (QED) is 0.0264. The average Bonchev–Trinajstić information content (AvgIpc) is 3.21. The molecular formula is C51H94O6. The predicted molar refractivity (Wildman–Crippen MR) is 243 cm³/mol. The molecule has 0 saturated carbocycles. The molecular weight excluding hydrogens is 709 g/mol. The molecule has 1 unspecified atom stereocenters. The molecule has 1 atom stereocenters. The monoisotopic (exact) mass is 803 g/mol. The van der Waals surface area contributed by atoms with Crippen molar-refractivity contribution in [1.82, 2.24) is 0 Å². The molecule has 0 amide bonds. The van der Waals surface area contributed by atoms with Gasteiger partial charge in [-0.3, -0.25) is 14.4 Å². The predicted octanol–water partition coefficient (Wildman–Crippen LogP) is 16.0. The molecule has 0 spiro atoms. The third-order valence-corrected chi connectivity index (χ3v) is 10.9. The Labute approximate surface area is 353 Å². The molecule has 0 rings (SSSR count). The van der Waals surface area contributed by atoms with E-state index in [2.05, 4.69) is 45.1 Å². The molecule has 0 bridgehead atoms. The summed E-state index contributed by atoms with van der Waals surface area (Å²) in [5, 5.41) is 0. The van der Waals surface area contributed by atoms with Gasteiger partial charge >= 0.3 is 17.9 Å². The minimum Gasteiger partial charge on any atom is -0.462 e. The van der Waals surface area contributed by atoms with E-state index in [4.69, 9.17) is 14.2 Å². The van der Waals surface area contributed by atoms with Crippen LogP contribution in [0.5, 0.6) is 0 Å². The number of ether oxygens (including phenoxy) is 3. The molecule has 0 aliphatic rings. The second kappa shape index (κ2) is 46.6. The van der Waals surface area contributed by atoms with Gasteiger partial charge in [-0.1, -0.05) is 225 Å². The van der Waals surface area contributed by atoms with E-state index in [0.29, 0.717) is 19.3 Å². The van der Waals surface area contributed by atoms with Crippen LogP contribution >= 0.6 is 0 Å². The molecule has 0 aliphatic heterocycles. The highest BCUT2D eigenvalue weighted by molar-refractivity contribution is 5.71. The number of unbranched alkanes of at least 4 members (excludes halogenated alkanes) is 30. The highest BCUT2D eigenvalue weighted by Gasteiger charge is 2.19. The summed E-state index contributed by atoms with van der Waals surface area (Å²) in [6.07, 6.45) is 51.5. The first-order valence-electron chi connectivity index (χ1n) is 24.8. The Balaban J connectivity index is 4.34. The SMILES string of the molecule is CCC/C=C\C/C=C\CCCCCCCC(=O)OC(COC(=O)CCCCCCCCCCCCC)COC(=O)CCCCCCCCCCCCCCCCC. The highest BCUT2D eigenvalue weighted by Crippen LogP contribution is 2.16. The van der Waals surface area contributed by atoms with Gasteiger partial charge in [0.25, 0.3) is 0 Å². The average molecular weight is 803 g/mol. The van der Waals surface area contributed by atoms with Crippen molar-refractivity contribution in [3.05, 3.63) is 24.3 Å². The summed E-state index contributed by atoms with van der Waals surface area (Å²) in [5.74, 6) is -0.876. The molecule has 0 fully saturated rings. The molecule has 0 radical (unpaired) electrons. The van der Waals surface area contributed by atoms with Crippen molar-refractivity contribution in [2.45, 2.75) is 271 Å². The van der Waals surface area contributed by atoms with Crippen LogP contribution < -0.4 is 0 Å². The maximum atomic E-state index is 12.7. The molecule has 6 heteroatoms. The van der Waals surface area contributed by atoms with E-state index in [0.717, 1.165) is 89.9 Å². The number of allylic oxidation sites excluding steroid dienone is 4. The Morgan fingerprint density at radius 3 is 1.04 bits per heavy atom. The van der Waals surface area contributed by atoms with Crippen molar-refractivity contribution in [3.8, 4) is 0 Å². The molecule has 0 saturated heterocycles. The lowest BCUT2D eigenvalue weighted by molar-refractivity contribution is -0.167. The van der Waals surface area contributed by atoms with E-state index in [1.807, 2.05) is 0 Å². The van der Waals surface area contributed by atoms with Gasteiger partial charge in [0.15, 0.2) is 6.10 Å². The Morgan fingerprint density at radius 2 is 0.667 bits per heavy atom. The lowest BCUT2D eigenvalue weighted by atomic mass is 10.0. The number of esters is 3. The maximum Gasteiger partial charge on any atom is 0.306 e. The zero-order valence-electron chi connectivity index (χ0n) is 38.1. The molecule has 0 aromatic heterocycles. The van der Waals surface area contributed by atoms with E-state index in [1.54, 1.807) is 0 Å². The van der Waals surface area contributed by atoms with Gasteiger partial charge in [-0.25, -0.2) is 0 Å². The van der Waals surface area contributed by atoms with Crippen LogP contribution in [0.2, 0.25) is 0 Å². The summed E-state index contributed by atoms with van der Waals surface area (Å²) in [4.78, 5) is 37.8. The topological polar surface area (TPSA) is 78.9 Å². The lowest BCUT2D eigenvalue weighted by Crippen LogP contribution is -2.30. The molecule has 334 valence electrons. The zero-order chi connectivity index (χ0) is 41.5. The van der Waals surface area contributed by atoms with E-state index < -0.39 is 6.10 Å². The van der Waals surface area contributed by atoms with Crippen LogP contribution in [-0.4, -0.2) is 37.2 Å². The first-order chi connectivity index (χ1) is 28.0. The van der Waals surface area contributed by atoms with Gasteiger partial charge in [-0.2, -0.15) is 0 Å². The summed E-state index contributed by atoms with van der Waals surface area (Å²) in [7, 11) is 0. The molecule has 6 nitrogen and oxygen atoms in total. The Morgan fingerprint density at radius 1 is 0.351 bits per heavy atom. The number of hydrogen-bond acceptors (Lipinski definition) is 6. The van der Waals surface area contributed by atoms with Crippen molar-refractivity contribution in [2.24, 2.45) is 0 Å². The van der Waals surface area contributed by atoms with Gasteiger partial charge in [0.05, 0.1) is 0 Å². The van der Waals surface area contributed by atoms with Crippen LogP contribution in [0.25, 0.3) is 0 Å². The third-order valence-electron chi connectivity index (χ3n) is 10.9. The Hall–Kier alpha value is -2.11. The molecule has 0 aliphatic carbocycles. The minimum absolute atomic E-state index is 0.0725. The van der Waals surface area contributed by atoms with Crippen molar-refractivity contribution in [1.29, 1.82) is 0 Å². The molecule has 0 aromatic rings. The summed E-state index contributed by atoms with van der Waals surface area (Å²) in [6.45, 7) is 6.58. The fourth-order valence-electron chi connectivity index (χ4n) is 7.19. The van der Waals surface area contributed by atoms with Gasteiger partial charge in [0.2, 0.25) is 0 Å². The summed E-state index contributed by atoms with van der Waals surface area (Å²) < 4.78 is 16.8. The number of carbonyl (C=O) groups is 3. The molecule has 0 heterocycles. The van der Waals surface area contributed by atoms with Crippen LogP contribution in [0.1, 0.15) is 265 Å². The lowest BCUT2D eigenvalue weighted by Gasteiger charge is -2.18. The van der Waals surface area contributed by atoms with E-state index >= 15 is 0 Å². The van der Waals surface area contributed by atoms with Gasteiger partial charge in [0.1, 0.15) is 13.2 Å². The molecule has 0 aromatic carbocycles. The van der Waals surface area contributed by atoms with Gasteiger partial charge in [-0.15, -0.1) is 0 Å². The highest BCUT2D eigenvalue weighted by atomic mass is 16.6. The first kappa shape index (κ1) is 54.9. The van der Waals surface area contributed by atoms with E-state index in [1.165, 1.54) is 135 Å². The molecule has 0 N–H and O–H groups in total. The number of rotatable bonds is 45. The Bertz CT molecular complexity index is 927. The van der Waals surface area contributed by atoms with Gasteiger partial charge < -0.3 is 14.2 Å². The fourth-order valence-corrected chi connectivity index (χ4v) is 7.19. The standard InChI is InChI=1S/C51H94O6/c1-4-7-10-13-16-19-22-24-25-27-29-32-35-38-41-44-50(53)56-47-48(46-55-49(52)43-40-37-34-31-28-21-18-15-12-9-6-3)57-51(54)45-42-39-36-33-30-26-23-20-17-14-11-8-5-2/h11,14,20,23,48H,4-10,12-13,15-19,21-22,24-47H2,1-3H3/b14-11-,23-20-. The van der Waals surface area contributed by atoms with Crippen molar-refractivity contribution >= 4 is 17.9 Å². The summed E-state index contributed by atoms with van der Waals surface area (Å²) in [6, 6.07) is 0. The number of hydrogen-bond donors (Lipinski definition) is 0. The largest absolute Gasteiger partial charge is 0.462 e. The second-order valence-electron chi connectivity index (χ2n) is 16.7. The van der Waals surface area contributed by atoms with Crippen LogP contribution in [0.4, 0.5) is 0 Å². The smallest absolute Gasteiger partial charge is 0.306 e. The number of carbonyl (C=O) groups excluding carboxylic acids is 3. The molecule has 57 heavy (non-hydrogen) atoms. The second-order valence-corrected chi connectivity index (χ2v) is 16.7. The first-order valence-corrected chi connectivity index (χ1v) is 24.8. The van der Waals surface area contributed by atoms with Gasteiger partial charge in [0, 0.05) is 19.3 Å². The normalized spacial score (nSPS) is 12.1. The maximum absolute atomic E-state index is 12.7. The van der Waals surface area contributed by atoms with E-state index in [9.17, 15) is 14.4 Å². The van der Waals surface area contributed by atoms with E-state index in [-0.39, 0.29) is 31.1 Å². The van der Waals surface area contributed by atoms with Gasteiger partial charge in [-0.05, 0) is 44.9 Å². The Kier molecular flexibility index (Phi) is 44.9. The minimum atomic E-state index is -0.771. The van der Waals surface area contributed by atoms with Crippen LogP contribution in [0.3, 0.4) is 0 Å². The van der Waals surface area contributed by atoms with Crippen molar-refractivity contribution in [3.63, 3.8) is 0 Å². The summed E-state index contributed by atoms with van der Waals surface area (Å²) in [5.41, 5.74) is 0. The van der Waals surface area contributed by atoms with Crippen LogP contribution in [-0.2, 0) is 28.6 Å². The zero-order valence-corrected chi connectivity index (χ0v) is 38.1. The van der Waals surface area contributed by atoms with Crippen LogP contribution in [0, 0.1) is 0 Å². The fraction of sp³-hybridized carbons (Fsp3) is 0.863. The van der Waals surface area contributed by atoms with Crippen molar-refractivity contribution in [2.75, 3.05) is 13.2 Å².